The van der Waals surface area contributed by atoms with Gasteiger partial charge in [-0.2, -0.15) is 0 Å². The first kappa shape index (κ1) is 15.7. The van der Waals surface area contributed by atoms with Crippen molar-refractivity contribution in [2.45, 2.75) is 38.8 Å². The van der Waals surface area contributed by atoms with Gasteiger partial charge in [-0.1, -0.05) is 6.07 Å². The molecule has 0 aliphatic carbocycles. The normalized spacial score (nSPS) is 12.8. The van der Waals surface area contributed by atoms with Gasteiger partial charge in [0.2, 0.25) is 0 Å². The van der Waals surface area contributed by atoms with Crippen LogP contribution in [0, 0.1) is 0 Å². The first-order valence-electron chi connectivity index (χ1n) is 5.99. The summed E-state index contributed by atoms with van der Waals surface area (Å²) in [7, 11) is 0. The Balaban J connectivity index is 2.50. The van der Waals surface area contributed by atoms with Crippen molar-refractivity contribution >= 4 is 23.2 Å². The molecule has 1 atom stereocenters. The molecule has 1 aromatic rings. The predicted molar refractivity (Wildman–Crippen MR) is 73.5 cm³/mol. The molecule has 19 heavy (non-hydrogen) atoms. The van der Waals surface area contributed by atoms with Crippen LogP contribution in [0.3, 0.4) is 0 Å². The molecule has 0 aromatic carbocycles. The second kappa shape index (κ2) is 6.68. The summed E-state index contributed by atoms with van der Waals surface area (Å²) in [5.41, 5.74) is -0.609. The Bertz CT molecular complexity index is 422. The molecule has 0 unspecified atom stereocenters. The molecule has 0 fully saturated rings. The summed E-state index contributed by atoms with van der Waals surface area (Å²) < 4.78 is 5.07. The van der Waals surface area contributed by atoms with Crippen molar-refractivity contribution < 1.29 is 19.4 Å². The van der Waals surface area contributed by atoms with Gasteiger partial charge in [0.15, 0.2) is 5.78 Å². The van der Waals surface area contributed by atoms with Gasteiger partial charge in [0, 0.05) is 6.42 Å². The van der Waals surface area contributed by atoms with Crippen LogP contribution >= 0.6 is 11.3 Å². The Labute approximate surface area is 116 Å². The quantitative estimate of drug-likeness (QED) is 0.813. The summed E-state index contributed by atoms with van der Waals surface area (Å²) in [6, 6.07) is 2.87. The van der Waals surface area contributed by atoms with Crippen molar-refractivity contribution in [1.82, 2.24) is 5.32 Å². The van der Waals surface area contributed by atoms with Crippen LogP contribution in [-0.4, -0.2) is 35.2 Å². The lowest BCUT2D eigenvalue weighted by molar-refractivity contribution is 0.0479. The number of ketones is 1. The predicted octanol–water partition coefficient (Wildman–Crippen LogP) is 2.21. The lowest BCUT2D eigenvalue weighted by Crippen LogP contribution is -2.42. The number of thiophene rings is 1. The molecule has 6 heteroatoms. The molecule has 1 rings (SSSR count). The van der Waals surface area contributed by atoms with E-state index in [2.05, 4.69) is 5.32 Å². The molecular formula is C13H19NO4S. The summed E-state index contributed by atoms with van der Waals surface area (Å²) in [4.78, 5) is 24.0. The second-order valence-electron chi connectivity index (χ2n) is 5.13. The molecule has 0 saturated carbocycles. The smallest absolute Gasteiger partial charge is 0.407 e. The standard InChI is InChI=1S/C13H19NO4S/c1-13(2,3)18-12(17)14-9(8-15)7-10(16)11-5-4-6-19-11/h4-6,9,15H,7-8H2,1-3H3,(H,14,17)/t9-/m1/s1. The van der Waals surface area contributed by atoms with Crippen LogP contribution in [0.15, 0.2) is 17.5 Å². The fourth-order valence-electron chi connectivity index (χ4n) is 1.40. The van der Waals surface area contributed by atoms with Gasteiger partial charge in [-0.3, -0.25) is 4.79 Å². The van der Waals surface area contributed by atoms with E-state index in [4.69, 9.17) is 4.74 Å². The van der Waals surface area contributed by atoms with Crippen LogP contribution in [-0.2, 0) is 4.74 Å². The van der Waals surface area contributed by atoms with Crippen molar-refractivity contribution in [3.63, 3.8) is 0 Å². The number of nitrogens with one attached hydrogen (secondary N) is 1. The first-order valence-corrected chi connectivity index (χ1v) is 6.87. The monoisotopic (exact) mass is 285 g/mol. The Kier molecular flexibility index (Phi) is 5.50. The van der Waals surface area contributed by atoms with Crippen molar-refractivity contribution in [1.29, 1.82) is 0 Å². The highest BCUT2D eigenvalue weighted by molar-refractivity contribution is 7.12. The average Bonchev–Trinajstić information content (AvgIpc) is 2.78. The average molecular weight is 285 g/mol. The molecule has 0 aliphatic heterocycles. The van der Waals surface area contributed by atoms with Crippen LogP contribution in [0.5, 0.6) is 0 Å². The van der Waals surface area contributed by atoms with Gasteiger partial charge < -0.3 is 15.2 Å². The third-order valence-corrected chi connectivity index (χ3v) is 3.08. The largest absolute Gasteiger partial charge is 0.444 e. The van der Waals surface area contributed by atoms with Crippen LogP contribution < -0.4 is 5.32 Å². The van der Waals surface area contributed by atoms with E-state index < -0.39 is 17.7 Å². The van der Waals surface area contributed by atoms with Crippen molar-refractivity contribution in [3.05, 3.63) is 22.4 Å². The number of Topliss-reactive ketones (excluding diaryl/α,β-unsaturated/α-hetero) is 1. The number of aliphatic hydroxyl groups excluding tert-OH is 1. The topological polar surface area (TPSA) is 75.6 Å². The van der Waals surface area contributed by atoms with E-state index in [0.29, 0.717) is 4.88 Å². The molecular weight excluding hydrogens is 266 g/mol. The highest BCUT2D eigenvalue weighted by atomic mass is 32.1. The summed E-state index contributed by atoms with van der Waals surface area (Å²) in [5, 5.41) is 13.5. The lowest BCUT2D eigenvalue weighted by Gasteiger charge is -2.22. The van der Waals surface area contributed by atoms with Gasteiger partial charge in [-0.05, 0) is 32.2 Å². The molecule has 0 saturated heterocycles. The van der Waals surface area contributed by atoms with E-state index in [9.17, 15) is 14.7 Å². The second-order valence-corrected chi connectivity index (χ2v) is 6.08. The van der Waals surface area contributed by atoms with Crippen LogP contribution in [0.1, 0.15) is 36.9 Å². The SMILES string of the molecule is CC(C)(C)OC(=O)N[C@@H](CO)CC(=O)c1cccs1. The van der Waals surface area contributed by atoms with Crippen LogP contribution in [0.25, 0.3) is 0 Å². The van der Waals surface area contributed by atoms with E-state index in [1.807, 2.05) is 5.38 Å². The van der Waals surface area contributed by atoms with E-state index in [1.54, 1.807) is 32.9 Å². The van der Waals surface area contributed by atoms with Crippen molar-refractivity contribution in [2.24, 2.45) is 0 Å². The molecule has 0 spiro atoms. The minimum Gasteiger partial charge on any atom is -0.444 e. The number of carbonyl (C=O) groups is 2. The summed E-state index contributed by atoms with van der Waals surface area (Å²) in [6.45, 7) is 4.93. The van der Waals surface area contributed by atoms with E-state index in [-0.39, 0.29) is 18.8 Å². The lowest BCUT2D eigenvalue weighted by atomic mass is 10.1. The van der Waals surface area contributed by atoms with Crippen LogP contribution in [0.4, 0.5) is 4.79 Å². The van der Waals surface area contributed by atoms with Gasteiger partial charge in [-0.25, -0.2) is 4.79 Å². The number of ether oxygens (including phenoxy) is 1. The Morgan fingerprint density at radius 1 is 1.47 bits per heavy atom. The fraction of sp³-hybridized carbons (Fsp3) is 0.538. The molecule has 2 N–H and O–H groups in total. The van der Waals surface area contributed by atoms with Crippen molar-refractivity contribution in [2.75, 3.05) is 6.61 Å². The summed E-state index contributed by atoms with van der Waals surface area (Å²) >= 11 is 1.34. The van der Waals surface area contributed by atoms with E-state index >= 15 is 0 Å². The number of alkyl carbamates (subject to hydrolysis) is 1. The number of hydrogen-bond donors (Lipinski definition) is 2. The summed E-state index contributed by atoms with van der Waals surface area (Å²) in [5.74, 6) is -0.106. The molecule has 1 amide bonds. The highest BCUT2D eigenvalue weighted by Gasteiger charge is 2.21. The maximum absolute atomic E-state index is 11.8. The number of amides is 1. The third-order valence-electron chi connectivity index (χ3n) is 2.17. The van der Waals surface area contributed by atoms with Gasteiger partial charge >= 0.3 is 6.09 Å². The third kappa shape index (κ3) is 5.85. The molecule has 0 bridgehead atoms. The van der Waals surface area contributed by atoms with E-state index in [0.717, 1.165) is 0 Å². The molecule has 5 nitrogen and oxygen atoms in total. The molecule has 0 radical (unpaired) electrons. The van der Waals surface area contributed by atoms with Crippen molar-refractivity contribution in [3.8, 4) is 0 Å². The zero-order valence-electron chi connectivity index (χ0n) is 11.3. The van der Waals surface area contributed by atoms with Gasteiger partial charge in [0.25, 0.3) is 0 Å². The molecule has 106 valence electrons. The Hall–Kier alpha value is -1.40. The Morgan fingerprint density at radius 2 is 2.16 bits per heavy atom. The zero-order valence-corrected chi connectivity index (χ0v) is 12.1. The Morgan fingerprint density at radius 3 is 2.63 bits per heavy atom. The maximum atomic E-state index is 11.8. The van der Waals surface area contributed by atoms with Gasteiger partial charge in [0.1, 0.15) is 5.60 Å². The minimum atomic E-state index is -0.635. The van der Waals surface area contributed by atoms with Gasteiger partial charge in [0.05, 0.1) is 17.5 Å². The number of carbonyl (C=O) groups excluding carboxylic acids is 2. The number of rotatable bonds is 5. The number of aliphatic hydroxyl groups is 1. The first-order chi connectivity index (χ1) is 8.81. The molecule has 1 aromatic heterocycles. The highest BCUT2D eigenvalue weighted by Crippen LogP contribution is 2.13. The number of hydrogen-bond acceptors (Lipinski definition) is 5. The molecule has 1 heterocycles. The molecule has 0 aliphatic rings. The summed E-state index contributed by atoms with van der Waals surface area (Å²) in [6.07, 6.45) is -0.582. The van der Waals surface area contributed by atoms with Gasteiger partial charge in [-0.15, -0.1) is 11.3 Å². The zero-order chi connectivity index (χ0) is 14.5. The fourth-order valence-corrected chi connectivity index (χ4v) is 2.07. The van der Waals surface area contributed by atoms with Crippen LogP contribution in [0.2, 0.25) is 0 Å². The van der Waals surface area contributed by atoms with E-state index in [1.165, 1.54) is 11.3 Å². The minimum absolute atomic E-state index is 0.0518. The maximum Gasteiger partial charge on any atom is 0.407 e.